The number of carbonyl (C=O) groups excluding carboxylic acids is 2. The smallest absolute Gasteiger partial charge is 0.338 e. The van der Waals surface area contributed by atoms with Crippen LogP contribution in [0.2, 0.25) is 0 Å². The molecule has 29 heavy (non-hydrogen) atoms. The number of benzene rings is 1. The van der Waals surface area contributed by atoms with Crippen LogP contribution in [0.1, 0.15) is 51.4 Å². The Hall–Kier alpha value is -2.54. The second-order valence-electron chi connectivity index (χ2n) is 7.78. The first kappa shape index (κ1) is 21.2. The molecule has 2 aromatic rings. The van der Waals surface area contributed by atoms with Crippen LogP contribution in [-0.4, -0.2) is 42.8 Å². The average Bonchev–Trinajstić information content (AvgIpc) is 3.05. The molecule has 2 heterocycles. The molecular formula is C22H30N2O5. The maximum Gasteiger partial charge on any atom is 0.338 e. The van der Waals surface area contributed by atoms with Crippen molar-refractivity contribution in [3.05, 3.63) is 29.5 Å². The Labute approximate surface area is 171 Å². The zero-order chi connectivity index (χ0) is 21.2. The fraction of sp³-hybridized carbons (Fsp3) is 0.545. The normalized spacial score (nSPS) is 17.8. The Morgan fingerprint density at radius 3 is 2.38 bits per heavy atom. The number of hydrogen-bond acceptors (Lipinski definition) is 6. The number of rotatable bonds is 7. The number of esters is 2. The third kappa shape index (κ3) is 3.83. The predicted molar refractivity (Wildman–Crippen MR) is 110 cm³/mol. The van der Waals surface area contributed by atoms with Crippen molar-refractivity contribution in [2.24, 2.45) is 5.92 Å². The highest BCUT2D eigenvalue weighted by atomic mass is 16.6. The van der Waals surface area contributed by atoms with Crippen molar-refractivity contribution >= 4 is 22.8 Å². The van der Waals surface area contributed by atoms with Gasteiger partial charge < -0.3 is 19.2 Å². The molecule has 0 spiro atoms. The third-order valence-corrected chi connectivity index (χ3v) is 5.31. The molecule has 7 nitrogen and oxygen atoms in total. The minimum absolute atomic E-state index is 0.155. The van der Waals surface area contributed by atoms with Crippen LogP contribution in [-0.2, 0) is 25.5 Å². The van der Waals surface area contributed by atoms with Gasteiger partial charge in [0, 0.05) is 29.1 Å². The van der Waals surface area contributed by atoms with Crippen molar-refractivity contribution < 1.29 is 23.8 Å². The van der Waals surface area contributed by atoms with Gasteiger partial charge in [-0.1, -0.05) is 13.8 Å². The van der Waals surface area contributed by atoms with Crippen molar-refractivity contribution in [3.8, 4) is 5.75 Å². The lowest BCUT2D eigenvalue weighted by molar-refractivity contribution is -0.167. The van der Waals surface area contributed by atoms with Crippen LogP contribution in [0.5, 0.6) is 5.75 Å². The van der Waals surface area contributed by atoms with E-state index >= 15 is 0 Å². The number of hydrogen-bond donors (Lipinski definition) is 2. The molecule has 1 aromatic heterocycles. The highest BCUT2D eigenvalue weighted by molar-refractivity contribution is 6.06. The molecule has 0 unspecified atom stereocenters. The van der Waals surface area contributed by atoms with E-state index in [1.54, 1.807) is 21.0 Å². The number of H-pyrrole nitrogens is 1. The Bertz CT molecular complexity index is 884. The van der Waals surface area contributed by atoms with Gasteiger partial charge in [0.2, 0.25) is 5.54 Å². The average molecular weight is 402 g/mol. The molecule has 0 fully saturated rings. The predicted octanol–water partition coefficient (Wildman–Crippen LogP) is 3.27. The van der Waals surface area contributed by atoms with Gasteiger partial charge >= 0.3 is 11.9 Å². The van der Waals surface area contributed by atoms with Crippen molar-refractivity contribution in [3.63, 3.8) is 0 Å². The lowest BCUT2D eigenvalue weighted by Gasteiger charge is -2.38. The van der Waals surface area contributed by atoms with Crippen LogP contribution >= 0.6 is 0 Å². The molecule has 2 N–H and O–H groups in total. The van der Waals surface area contributed by atoms with Gasteiger partial charge in [-0.25, -0.2) is 9.59 Å². The van der Waals surface area contributed by atoms with Gasteiger partial charge in [-0.2, -0.15) is 0 Å². The van der Waals surface area contributed by atoms with E-state index in [0.29, 0.717) is 5.92 Å². The fourth-order valence-corrected chi connectivity index (χ4v) is 4.05. The fourth-order valence-electron chi connectivity index (χ4n) is 4.05. The summed E-state index contributed by atoms with van der Waals surface area (Å²) in [7, 11) is 1.62. The van der Waals surface area contributed by atoms with Gasteiger partial charge in [0.15, 0.2) is 0 Å². The highest BCUT2D eigenvalue weighted by Crippen LogP contribution is 2.40. The minimum Gasteiger partial charge on any atom is -0.497 e. The van der Waals surface area contributed by atoms with E-state index in [4.69, 9.17) is 14.2 Å². The number of nitrogens with one attached hydrogen (secondary N) is 2. The molecule has 0 aliphatic carbocycles. The SMILES string of the molecule is CCOC(=O)C1(C(=O)OCC)Cc2c([nH]c3ccc(OC)cc23)[C@@H](CC(C)C)N1. The van der Waals surface area contributed by atoms with E-state index in [0.717, 1.165) is 34.3 Å². The molecule has 7 heteroatoms. The van der Waals surface area contributed by atoms with E-state index in [1.807, 2.05) is 18.2 Å². The van der Waals surface area contributed by atoms with Crippen molar-refractivity contribution in [2.75, 3.05) is 20.3 Å². The number of methoxy groups -OCH3 is 1. The number of aromatic amines is 1. The molecule has 3 rings (SSSR count). The molecule has 0 amide bonds. The molecular weight excluding hydrogens is 372 g/mol. The number of ether oxygens (including phenoxy) is 3. The molecule has 158 valence electrons. The van der Waals surface area contributed by atoms with Crippen molar-refractivity contribution in [2.45, 2.75) is 52.1 Å². The lowest BCUT2D eigenvalue weighted by Crippen LogP contribution is -2.64. The maximum absolute atomic E-state index is 13.0. The van der Waals surface area contributed by atoms with E-state index in [1.165, 1.54) is 0 Å². The quantitative estimate of drug-likeness (QED) is 0.546. The summed E-state index contributed by atoms with van der Waals surface area (Å²) in [5.41, 5.74) is 1.28. The molecule has 0 bridgehead atoms. The van der Waals surface area contributed by atoms with Crippen LogP contribution < -0.4 is 10.1 Å². The summed E-state index contributed by atoms with van der Waals surface area (Å²) in [5, 5.41) is 4.24. The molecule has 1 aromatic carbocycles. The van der Waals surface area contributed by atoms with Gasteiger partial charge in [0.25, 0.3) is 0 Å². The van der Waals surface area contributed by atoms with Gasteiger partial charge in [-0.3, -0.25) is 5.32 Å². The summed E-state index contributed by atoms with van der Waals surface area (Å²) in [5.74, 6) is -0.136. The Morgan fingerprint density at radius 1 is 1.17 bits per heavy atom. The topological polar surface area (TPSA) is 89.7 Å². The summed E-state index contributed by atoms with van der Waals surface area (Å²) in [4.78, 5) is 29.6. The molecule has 1 atom stereocenters. The van der Waals surface area contributed by atoms with Crippen LogP contribution in [0.15, 0.2) is 18.2 Å². The molecule has 0 saturated heterocycles. The Kier molecular flexibility index (Phi) is 6.17. The van der Waals surface area contributed by atoms with Gasteiger partial charge in [0.05, 0.1) is 20.3 Å². The van der Waals surface area contributed by atoms with Crippen LogP contribution in [0, 0.1) is 5.92 Å². The zero-order valence-corrected chi connectivity index (χ0v) is 17.8. The monoisotopic (exact) mass is 402 g/mol. The van der Waals surface area contributed by atoms with Crippen LogP contribution in [0.3, 0.4) is 0 Å². The minimum atomic E-state index is -1.57. The molecule has 1 aliphatic heterocycles. The van der Waals surface area contributed by atoms with Crippen molar-refractivity contribution in [1.29, 1.82) is 0 Å². The first-order valence-corrected chi connectivity index (χ1v) is 10.2. The van der Waals surface area contributed by atoms with Gasteiger partial charge in [-0.15, -0.1) is 0 Å². The third-order valence-electron chi connectivity index (χ3n) is 5.31. The summed E-state index contributed by atoms with van der Waals surface area (Å²) < 4.78 is 16.0. The Morgan fingerprint density at radius 2 is 1.83 bits per heavy atom. The van der Waals surface area contributed by atoms with Gasteiger partial charge in [0.1, 0.15) is 5.75 Å². The van der Waals surface area contributed by atoms with Crippen LogP contribution in [0.4, 0.5) is 0 Å². The highest BCUT2D eigenvalue weighted by Gasteiger charge is 2.54. The summed E-state index contributed by atoms with van der Waals surface area (Å²) in [6.07, 6.45) is 0.902. The number of carbonyl (C=O) groups is 2. The van der Waals surface area contributed by atoms with Crippen LogP contribution in [0.25, 0.3) is 10.9 Å². The zero-order valence-electron chi connectivity index (χ0n) is 17.8. The van der Waals surface area contributed by atoms with E-state index in [9.17, 15) is 9.59 Å². The van der Waals surface area contributed by atoms with E-state index in [-0.39, 0.29) is 25.7 Å². The first-order chi connectivity index (χ1) is 13.9. The lowest BCUT2D eigenvalue weighted by atomic mass is 9.81. The summed E-state index contributed by atoms with van der Waals surface area (Å²) >= 11 is 0. The van der Waals surface area contributed by atoms with Gasteiger partial charge in [-0.05, 0) is 49.9 Å². The Balaban J connectivity index is 2.19. The van der Waals surface area contributed by atoms with E-state index in [2.05, 4.69) is 24.1 Å². The number of fused-ring (bicyclic) bond motifs is 3. The maximum atomic E-state index is 13.0. The molecule has 1 aliphatic rings. The second-order valence-corrected chi connectivity index (χ2v) is 7.78. The molecule has 0 radical (unpaired) electrons. The summed E-state index contributed by atoms with van der Waals surface area (Å²) in [6, 6.07) is 5.56. The number of aromatic nitrogens is 1. The van der Waals surface area contributed by atoms with E-state index < -0.39 is 17.5 Å². The van der Waals surface area contributed by atoms with Crippen molar-refractivity contribution in [1.82, 2.24) is 10.3 Å². The molecule has 0 saturated carbocycles. The largest absolute Gasteiger partial charge is 0.497 e. The standard InChI is InChI=1S/C22H30N2O5/c1-6-28-20(25)22(21(26)29-7-2)12-16-15-11-14(27-5)8-9-17(15)23-19(16)18(24-22)10-13(3)4/h8-9,11,13,18,23-24H,6-7,10,12H2,1-5H3/t18-/m1/s1. The second kappa shape index (κ2) is 8.45. The summed E-state index contributed by atoms with van der Waals surface area (Å²) in [6.45, 7) is 8.05. The first-order valence-electron chi connectivity index (χ1n) is 10.2.